The van der Waals surface area contributed by atoms with Crippen LogP contribution in [0.15, 0.2) is 53.0 Å². The first-order chi connectivity index (χ1) is 9.56. The van der Waals surface area contributed by atoms with Crippen LogP contribution in [0.25, 0.3) is 0 Å². The van der Waals surface area contributed by atoms with Crippen LogP contribution in [0.3, 0.4) is 0 Å². The molecule has 0 atom stereocenters. The Morgan fingerprint density at radius 3 is 2.40 bits per heavy atom. The Kier molecular flexibility index (Phi) is 4.79. The minimum atomic E-state index is -0.411. The molecule has 20 heavy (non-hydrogen) atoms. The van der Waals surface area contributed by atoms with Crippen molar-refractivity contribution in [2.24, 2.45) is 0 Å². The van der Waals surface area contributed by atoms with Gasteiger partial charge in [-0.25, -0.2) is 4.79 Å². The molecule has 0 fully saturated rings. The lowest BCUT2D eigenvalue weighted by atomic mass is 10.2. The number of ether oxygens (including phenoxy) is 2. The van der Waals surface area contributed by atoms with E-state index in [1.165, 1.54) is 0 Å². The van der Waals surface area contributed by atoms with E-state index >= 15 is 0 Å². The van der Waals surface area contributed by atoms with Crippen molar-refractivity contribution in [2.75, 3.05) is 0 Å². The molecule has 0 bridgehead atoms. The van der Waals surface area contributed by atoms with Gasteiger partial charge in [-0.15, -0.1) is 0 Å². The molecule has 2 aromatic rings. The van der Waals surface area contributed by atoms with E-state index in [0.29, 0.717) is 17.1 Å². The van der Waals surface area contributed by atoms with Gasteiger partial charge in [0.1, 0.15) is 0 Å². The van der Waals surface area contributed by atoms with Crippen LogP contribution in [0.4, 0.5) is 0 Å². The summed E-state index contributed by atoms with van der Waals surface area (Å²) < 4.78 is 11.9. The molecule has 2 rings (SSSR count). The molecule has 0 unspecified atom stereocenters. The zero-order chi connectivity index (χ0) is 14.5. The Hall–Kier alpha value is -1.81. The number of carbonyl (C=O) groups excluding carboxylic acids is 1. The van der Waals surface area contributed by atoms with Crippen molar-refractivity contribution in [3.8, 4) is 11.5 Å². The van der Waals surface area contributed by atoms with E-state index in [1.807, 2.05) is 26.0 Å². The standard InChI is InChI=1S/C16H15BrO3/c1-11(2)19-14-8-3-4-9-15(14)20-16(18)12-6-5-7-13(17)10-12/h3-11H,1-2H3. The molecule has 0 aliphatic heterocycles. The highest BCUT2D eigenvalue weighted by atomic mass is 79.9. The third-order valence-corrected chi connectivity index (χ3v) is 2.97. The van der Waals surface area contributed by atoms with Crippen LogP contribution in [0.1, 0.15) is 24.2 Å². The average Bonchev–Trinajstić information content (AvgIpc) is 2.40. The summed E-state index contributed by atoms with van der Waals surface area (Å²) in [6, 6.07) is 14.2. The zero-order valence-electron chi connectivity index (χ0n) is 11.3. The van der Waals surface area contributed by atoms with E-state index in [2.05, 4.69) is 15.9 Å². The fraction of sp³-hybridized carbons (Fsp3) is 0.188. The second-order valence-corrected chi connectivity index (χ2v) is 5.43. The Morgan fingerprint density at radius 1 is 1.05 bits per heavy atom. The van der Waals surface area contributed by atoms with Crippen LogP contribution < -0.4 is 9.47 Å². The van der Waals surface area contributed by atoms with Gasteiger partial charge in [-0.1, -0.05) is 34.1 Å². The average molecular weight is 335 g/mol. The number of para-hydroxylation sites is 2. The minimum absolute atomic E-state index is 0.0146. The predicted octanol–water partition coefficient (Wildman–Crippen LogP) is 4.46. The highest BCUT2D eigenvalue weighted by Crippen LogP contribution is 2.28. The maximum absolute atomic E-state index is 12.1. The van der Waals surface area contributed by atoms with E-state index in [4.69, 9.17) is 9.47 Å². The summed E-state index contributed by atoms with van der Waals surface area (Å²) in [7, 11) is 0. The summed E-state index contributed by atoms with van der Waals surface area (Å²) in [5.41, 5.74) is 0.485. The van der Waals surface area contributed by atoms with Gasteiger partial charge < -0.3 is 9.47 Å². The van der Waals surface area contributed by atoms with Crippen molar-refractivity contribution < 1.29 is 14.3 Å². The lowest BCUT2D eigenvalue weighted by molar-refractivity contribution is 0.0725. The molecule has 0 radical (unpaired) electrons. The number of hydrogen-bond acceptors (Lipinski definition) is 3. The van der Waals surface area contributed by atoms with Crippen LogP contribution >= 0.6 is 15.9 Å². The van der Waals surface area contributed by atoms with E-state index < -0.39 is 5.97 Å². The summed E-state index contributed by atoms with van der Waals surface area (Å²) >= 11 is 3.33. The quantitative estimate of drug-likeness (QED) is 0.611. The lowest BCUT2D eigenvalue weighted by Crippen LogP contribution is -2.11. The summed E-state index contributed by atoms with van der Waals surface area (Å²) in [6.45, 7) is 3.85. The number of halogens is 1. The number of esters is 1. The number of benzene rings is 2. The van der Waals surface area contributed by atoms with Crippen molar-refractivity contribution in [1.29, 1.82) is 0 Å². The second-order valence-electron chi connectivity index (χ2n) is 4.51. The van der Waals surface area contributed by atoms with Gasteiger partial charge >= 0.3 is 5.97 Å². The maximum atomic E-state index is 12.1. The molecule has 0 heterocycles. The van der Waals surface area contributed by atoms with Gasteiger partial charge in [-0.05, 0) is 44.2 Å². The summed E-state index contributed by atoms with van der Waals surface area (Å²) in [6.07, 6.45) is 0.0146. The van der Waals surface area contributed by atoms with Gasteiger partial charge in [0.25, 0.3) is 0 Å². The minimum Gasteiger partial charge on any atom is -0.487 e. The molecule has 104 valence electrons. The van der Waals surface area contributed by atoms with Crippen LogP contribution in [0.5, 0.6) is 11.5 Å². The van der Waals surface area contributed by atoms with Crippen molar-refractivity contribution >= 4 is 21.9 Å². The molecular formula is C16H15BrO3. The van der Waals surface area contributed by atoms with Gasteiger partial charge in [0.05, 0.1) is 11.7 Å². The highest BCUT2D eigenvalue weighted by Gasteiger charge is 2.13. The van der Waals surface area contributed by atoms with Crippen molar-refractivity contribution in [3.05, 3.63) is 58.6 Å². The van der Waals surface area contributed by atoms with Crippen LogP contribution in [0.2, 0.25) is 0 Å². The van der Waals surface area contributed by atoms with Gasteiger partial charge in [0.15, 0.2) is 11.5 Å². The number of carbonyl (C=O) groups is 1. The van der Waals surface area contributed by atoms with Crippen LogP contribution in [-0.4, -0.2) is 12.1 Å². The highest BCUT2D eigenvalue weighted by molar-refractivity contribution is 9.10. The van der Waals surface area contributed by atoms with Crippen LogP contribution in [-0.2, 0) is 0 Å². The first-order valence-corrected chi connectivity index (χ1v) is 7.09. The van der Waals surface area contributed by atoms with Crippen molar-refractivity contribution in [1.82, 2.24) is 0 Å². The van der Waals surface area contributed by atoms with Crippen molar-refractivity contribution in [2.45, 2.75) is 20.0 Å². The first-order valence-electron chi connectivity index (χ1n) is 6.29. The SMILES string of the molecule is CC(C)Oc1ccccc1OC(=O)c1cccc(Br)c1. The normalized spacial score (nSPS) is 10.4. The topological polar surface area (TPSA) is 35.5 Å². The third kappa shape index (κ3) is 3.84. The molecule has 0 saturated heterocycles. The molecule has 4 heteroatoms. The number of hydrogen-bond donors (Lipinski definition) is 0. The van der Waals surface area contributed by atoms with E-state index in [1.54, 1.807) is 36.4 Å². The molecule has 0 aliphatic carbocycles. The predicted molar refractivity (Wildman–Crippen MR) is 81.3 cm³/mol. The summed E-state index contributed by atoms with van der Waals surface area (Å²) in [5, 5.41) is 0. The molecule has 3 nitrogen and oxygen atoms in total. The van der Waals surface area contributed by atoms with Gasteiger partial charge in [0.2, 0.25) is 0 Å². The number of rotatable bonds is 4. The van der Waals surface area contributed by atoms with Crippen molar-refractivity contribution in [3.63, 3.8) is 0 Å². The Balaban J connectivity index is 2.19. The monoisotopic (exact) mass is 334 g/mol. The van der Waals surface area contributed by atoms with E-state index in [9.17, 15) is 4.79 Å². The molecule has 0 saturated carbocycles. The molecular weight excluding hydrogens is 320 g/mol. The Bertz CT molecular complexity index is 608. The van der Waals surface area contributed by atoms with E-state index in [-0.39, 0.29) is 6.10 Å². The summed E-state index contributed by atoms with van der Waals surface area (Å²) in [4.78, 5) is 12.1. The van der Waals surface area contributed by atoms with Gasteiger partial charge in [-0.2, -0.15) is 0 Å². The fourth-order valence-electron chi connectivity index (χ4n) is 1.66. The van der Waals surface area contributed by atoms with Gasteiger partial charge in [-0.3, -0.25) is 0 Å². The largest absolute Gasteiger partial charge is 0.487 e. The molecule has 0 amide bonds. The van der Waals surface area contributed by atoms with E-state index in [0.717, 1.165) is 4.47 Å². The molecule has 0 aromatic heterocycles. The first kappa shape index (κ1) is 14.6. The van der Waals surface area contributed by atoms with Gasteiger partial charge in [0, 0.05) is 4.47 Å². The molecule has 0 aliphatic rings. The molecule has 0 spiro atoms. The Morgan fingerprint density at radius 2 is 1.75 bits per heavy atom. The summed E-state index contributed by atoms with van der Waals surface area (Å²) in [5.74, 6) is 0.572. The smallest absolute Gasteiger partial charge is 0.343 e. The fourth-order valence-corrected chi connectivity index (χ4v) is 2.06. The van der Waals surface area contributed by atoms with Crippen LogP contribution in [0, 0.1) is 0 Å². The zero-order valence-corrected chi connectivity index (χ0v) is 12.9. The maximum Gasteiger partial charge on any atom is 0.343 e. The lowest BCUT2D eigenvalue weighted by Gasteiger charge is -2.13. The third-order valence-electron chi connectivity index (χ3n) is 2.47. The Labute approximate surface area is 126 Å². The second kappa shape index (κ2) is 6.57. The molecule has 2 aromatic carbocycles. The molecule has 0 N–H and O–H groups in total.